The number of hydrogen-bond acceptors (Lipinski definition) is 6. The number of unbranched alkanes of at least 4 members (excludes halogenated alkanes) is 14. The van der Waals surface area contributed by atoms with E-state index in [9.17, 15) is 14.3 Å². The summed E-state index contributed by atoms with van der Waals surface area (Å²) in [4.78, 5) is 22.7. The Kier molecular flexibility index (Phi) is 33.5. The molecule has 0 aliphatic carbocycles. The van der Waals surface area contributed by atoms with Crippen LogP contribution in [0.5, 0.6) is 0 Å². The smallest absolute Gasteiger partial charge is 0.457 e. The molecular formula is C41H77NO7P+. The third kappa shape index (κ3) is 37.7. The summed E-state index contributed by atoms with van der Waals surface area (Å²) in [7, 11) is 1.65. The molecule has 2 unspecified atom stereocenters. The normalized spacial score (nSPS) is 14.4. The Morgan fingerprint density at radius 2 is 1.16 bits per heavy atom. The van der Waals surface area contributed by atoms with Gasteiger partial charge in [-0.3, -0.25) is 13.8 Å². The Morgan fingerprint density at radius 1 is 0.640 bits per heavy atom. The van der Waals surface area contributed by atoms with Crippen LogP contribution in [0, 0.1) is 0 Å². The number of nitrogens with zero attached hydrogens (tertiary/aromatic N) is 1. The fourth-order valence-corrected chi connectivity index (χ4v) is 5.78. The Morgan fingerprint density at radius 3 is 1.76 bits per heavy atom. The van der Waals surface area contributed by atoms with Crippen LogP contribution >= 0.6 is 7.82 Å². The van der Waals surface area contributed by atoms with Gasteiger partial charge in [0.2, 0.25) is 0 Å². The van der Waals surface area contributed by atoms with Crippen molar-refractivity contribution in [3.63, 3.8) is 0 Å². The molecule has 0 aromatic carbocycles. The zero-order valence-corrected chi connectivity index (χ0v) is 33.8. The lowest BCUT2D eigenvalue weighted by molar-refractivity contribution is -0.870. The molecule has 0 spiro atoms. The SMILES string of the molecule is CC/C=C\C/C=C\C/C=C\CCCCCCCCCCOCC(COP(=O)(O)OCC[N+](C)(C)C)OC(=O)CCCCCCC/C=C\CCC. The van der Waals surface area contributed by atoms with Gasteiger partial charge in [0.1, 0.15) is 19.3 Å². The van der Waals surface area contributed by atoms with Crippen molar-refractivity contribution in [2.75, 3.05) is 54.1 Å². The molecular weight excluding hydrogens is 649 g/mol. The van der Waals surface area contributed by atoms with Crippen LogP contribution in [0.2, 0.25) is 0 Å². The molecule has 0 heterocycles. The number of rotatable bonds is 36. The van der Waals surface area contributed by atoms with Crippen molar-refractivity contribution in [1.82, 2.24) is 0 Å². The highest BCUT2D eigenvalue weighted by Crippen LogP contribution is 2.43. The van der Waals surface area contributed by atoms with Gasteiger partial charge in [0.05, 0.1) is 34.4 Å². The minimum atomic E-state index is -4.27. The van der Waals surface area contributed by atoms with Gasteiger partial charge < -0.3 is 18.9 Å². The predicted molar refractivity (Wildman–Crippen MR) is 210 cm³/mol. The number of esters is 1. The van der Waals surface area contributed by atoms with Crippen molar-refractivity contribution in [2.24, 2.45) is 0 Å². The van der Waals surface area contributed by atoms with E-state index in [1.165, 1.54) is 57.8 Å². The monoisotopic (exact) mass is 727 g/mol. The number of allylic oxidation sites excluding steroid dienone is 8. The first-order chi connectivity index (χ1) is 24.1. The number of hydrogen-bond donors (Lipinski definition) is 1. The minimum absolute atomic E-state index is 0.0837. The summed E-state index contributed by atoms with van der Waals surface area (Å²) in [5, 5.41) is 0. The number of phosphoric acid groups is 1. The lowest BCUT2D eigenvalue weighted by atomic mass is 10.1. The average Bonchev–Trinajstić information content (AvgIpc) is 3.06. The summed E-state index contributed by atoms with van der Waals surface area (Å²) in [6.45, 7) is 5.40. The highest BCUT2D eigenvalue weighted by atomic mass is 31.2. The highest BCUT2D eigenvalue weighted by Gasteiger charge is 2.26. The summed E-state index contributed by atoms with van der Waals surface area (Å²) in [6.07, 6.45) is 40.0. The first kappa shape index (κ1) is 48.5. The van der Waals surface area contributed by atoms with E-state index in [0.29, 0.717) is 24.1 Å². The zero-order chi connectivity index (χ0) is 37.0. The topological polar surface area (TPSA) is 91.3 Å². The molecule has 0 aliphatic rings. The number of phosphoric ester groups is 1. The van der Waals surface area contributed by atoms with Crippen molar-refractivity contribution in [3.8, 4) is 0 Å². The number of quaternary nitrogens is 1. The zero-order valence-electron chi connectivity index (χ0n) is 32.9. The summed E-state index contributed by atoms with van der Waals surface area (Å²) in [5.74, 6) is -0.331. The van der Waals surface area contributed by atoms with Crippen LogP contribution in [0.1, 0.15) is 149 Å². The number of carbonyl (C=O) groups is 1. The van der Waals surface area contributed by atoms with E-state index in [2.05, 4.69) is 62.5 Å². The van der Waals surface area contributed by atoms with Gasteiger partial charge in [0.15, 0.2) is 0 Å². The van der Waals surface area contributed by atoms with E-state index in [1.807, 2.05) is 21.1 Å². The van der Waals surface area contributed by atoms with Gasteiger partial charge in [-0.25, -0.2) is 4.57 Å². The van der Waals surface area contributed by atoms with Crippen LogP contribution in [0.3, 0.4) is 0 Å². The fourth-order valence-electron chi connectivity index (χ4n) is 5.04. The number of ether oxygens (including phenoxy) is 2. The first-order valence-corrected chi connectivity index (χ1v) is 21.4. The van der Waals surface area contributed by atoms with Gasteiger partial charge in [-0.05, 0) is 64.2 Å². The Hall–Kier alpha value is -1.54. The molecule has 2 atom stereocenters. The molecule has 0 fully saturated rings. The van der Waals surface area contributed by atoms with Crippen molar-refractivity contribution in [2.45, 2.75) is 155 Å². The molecule has 0 aromatic rings. The molecule has 50 heavy (non-hydrogen) atoms. The lowest BCUT2D eigenvalue weighted by Crippen LogP contribution is -2.37. The minimum Gasteiger partial charge on any atom is -0.457 e. The third-order valence-electron chi connectivity index (χ3n) is 8.11. The van der Waals surface area contributed by atoms with Crippen LogP contribution in [0.4, 0.5) is 0 Å². The molecule has 0 radical (unpaired) electrons. The van der Waals surface area contributed by atoms with Crippen LogP contribution in [-0.4, -0.2) is 75.6 Å². The van der Waals surface area contributed by atoms with Crippen LogP contribution in [0.15, 0.2) is 48.6 Å². The molecule has 0 rings (SSSR count). The second-order valence-electron chi connectivity index (χ2n) is 14.3. The van der Waals surface area contributed by atoms with Crippen molar-refractivity contribution < 1.29 is 37.3 Å². The Labute approximate surface area is 308 Å². The molecule has 9 heteroatoms. The van der Waals surface area contributed by atoms with Crippen LogP contribution in [-0.2, 0) is 27.9 Å². The van der Waals surface area contributed by atoms with Gasteiger partial charge in [-0.15, -0.1) is 0 Å². The molecule has 0 aliphatic heterocycles. The van der Waals surface area contributed by atoms with E-state index >= 15 is 0 Å². The maximum Gasteiger partial charge on any atom is 0.472 e. The van der Waals surface area contributed by atoms with E-state index < -0.39 is 13.9 Å². The molecule has 8 nitrogen and oxygen atoms in total. The van der Waals surface area contributed by atoms with E-state index in [0.717, 1.165) is 70.6 Å². The molecule has 1 N–H and O–H groups in total. The molecule has 292 valence electrons. The fraction of sp³-hybridized carbons (Fsp3) is 0.780. The van der Waals surface area contributed by atoms with Gasteiger partial charge in [-0.2, -0.15) is 0 Å². The second kappa shape index (κ2) is 34.5. The third-order valence-corrected chi connectivity index (χ3v) is 9.09. The summed E-state index contributed by atoms with van der Waals surface area (Å²) < 4.78 is 34.8. The van der Waals surface area contributed by atoms with Crippen molar-refractivity contribution in [3.05, 3.63) is 48.6 Å². The standard InChI is InChI=1S/C41H76NO7P/c1-6-8-10-12-14-16-18-19-20-21-22-23-24-25-27-29-31-33-36-46-38-40(39-48-50(44,45)47-37-35-42(3,4)5)49-41(43)34-32-30-28-26-17-15-13-11-9-7-2/h8,10-11,13-14,16,19-20,40H,6-7,9,12,15,17-18,21-39H2,1-5H3/p+1/b10-8-,13-11-,16-14-,20-19-. The number of carbonyl (C=O) groups excluding carboxylic acids is 1. The van der Waals surface area contributed by atoms with Crippen LogP contribution in [0.25, 0.3) is 0 Å². The highest BCUT2D eigenvalue weighted by molar-refractivity contribution is 7.47. The van der Waals surface area contributed by atoms with Crippen LogP contribution < -0.4 is 0 Å². The maximum atomic E-state index is 12.6. The summed E-state index contributed by atoms with van der Waals surface area (Å²) >= 11 is 0. The number of likely N-dealkylation sites (N-methyl/N-ethyl adjacent to an activating group) is 1. The van der Waals surface area contributed by atoms with Gasteiger partial charge in [0.25, 0.3) is 0 Å². The second-order valence-corrected chi connectivity index (χ2v) is 15.7. The molecule has 0 amide bonds. The molecule has 0 saturated carbocycles. The van der Waals surface area contributed by atoms with Gasteiger partial charge >= 0.3 is 13.8 Å². The summed E-state index contributed by atoms with van der Waals surface area (Å²) in [6, 6.07) is 0. The quantitative estimate of drug-likeness (QED) is 0.0226. The lowest BCUT2D eigenvalue weighted by Gasteiger charge is -2.24. The predicted octanol–water partition coefficient (Wildman–Crippen LogP) is 11.2. The largest absolute Gasteiger partial charge is 0.472 e. The molecule has 0 bridgehead atoms. The summed E-state index contributed by atoms with van der Waals surface area (Å²) in [5.41, 5.74) is 0. The van der Waals surface area contributed by atoms with Crippen molar-refractivity contribution in [1.29, 1.82) is 0 Å². The van der Waals surface area contributed by atoms with Gasteiger partial charge in [-0.1, -0.05) is 127 Å². The van der Waals surface area contributed by atoms with E-state index in [4.69, 9.17) is 18.5 Å². The van der Waals surface area contributed by atoms with Crippen molar-refractivity contribution >= 4 is 13.8 Å². The Balaban J connectivity index is 4.25. The Bertz CT molecular complexity index is 942. The molecule has 0 saturated heterocycles. The first-order valence-electron chi connectivity index (χ1n) is 19.9. The van der Waals surface area contributed by atoms with E-state index in [1.54, 1.807) is 0 Å². The van der Waals surface area contributed by atoms with E-state index in [-0.39, 0.29) is 25.8 Å². The maximum absolute atomic E-state index is 12.6. The average molecular weight is 727 g/mol. The van der Waals surface area contributed by atoms with Gasteiger partial charge in [0, 0.05) is 13.0 Å². The molecule has 0 aromatic heterocycles.